The van der Waals surface area contributed by atoms with Gasteiger partial charge in [0.2, 0.25) is 0 Å². The summed E-state index contributed by atoms with van der Waals surface area (Å²) in [4.78, 5) is 0. The zero-order valence-corrected chi connectivity index (χ0v) is 9.26. The fraction of sp³-hybridized carbons (Fsp3) is 0.900. The predicted molar refractivity (Wildman–Crippen MR) is 53.5 cm³/mol. The standard InChI is InChI=1S/C10H19N3/c1-6-7-10(5,8-11)13-12-9(2,3)4/h6-7H2,1-5H3. The lowest BCUT2D eigenvalue weighted by Gasteiger charge is -2.17. The second-order valence-corrected chi connectivity index (χ2v) is 4.51. The monoisotopic (exact) mass is 181 g/mol. The Morgan fingerprint density at radius 2 is 1.69 bits per heavy atom. The van der Waals surface area contributed by atoms with Gasteiger partial charge in [-0.15, -0.1) is 0 Å². The smallest absolute Gasteiger partial charge is 0.164 e. The first-order valence-electron chi connectivity index (χ1n) is 4.68. The van der Waals surface area contributed by atoms with Crippen molar-refractivity contribution in [3.8, 4) is 6.07 Å². The third-order valence-corrected chi connectivity index (χ3v) is 1.55. The number of hydrogen-bond acceptors (Lipinski definition) is 3. The molecule has 3 heteroatoms. The van der Waals surface area contributed by atoms with Crippen molar-refractivity contribution in [2.45, 2.75) is 58.5 Å². The number of nitrogens with zero attached hydrogens (tertiary/aromatic N) is 3. The number of rotatable bonds is 3. The van der Waals surface area contributed by atoms with Gasteiger partial charge in [0.1, 0.15) is 0 Å². The van der Waals surface area contributed by atoms with E-state index in [1.807, 2.05) is 34.6 Å². The molecule has 0 amide bonds. The van der Waals surface area contributed by atoms with E-state index in [0.29, 0.717) is 0 Å². The van der Waals surface area contributed by atoms with Gasteiger partial charge in [-0.3, -0.25) is 0 Å². The van der Waals surface area contributed by atoms with Gasteiger partial charge in [0.25, 0.3) is 0 Å². The Labute approximate surface area is 80.9 Å². The zero-order chi connectivity index (χ0) is 10.5. The highest BCUT2D eigenvalue weighted by Crippen LogP contribution is 2.19. The minimum Gasteiger partial charge on any atom is -0.196 e. The van der Waals surface area contributed by atoms with Crippen molar-refractivity contribution in [1.29, 1.82) is 5.26 Å². The normalized spacial score (nSPS) is 16.9. The fourth-order valence-electron chi connectivity index (χ4n) is 0.875. The Morgan fingerprint density at radius 3 is 2.00 bits per heavy atom. The largest absolute Gasteiger partial charge is 0.196 e. The first-order chi connectivity index (χ1) is 5.83. The lowest BCUT2D eigenvalue weighted by molar-refractivity contribution is 0.454. The SMILES string of the molecule is CCCC(C)(C#N)N=NC(C)(C)C. The van der Waals surface area contributed by atoms with Crippen LogP contribution in [-0.2, 0) is 0 Å². The van der Waals surface area contributed by atoms with Crippen molar-refractivity contribution in [2.24, 2.45) is 10.2 Å². The maximum atomic E-state index is 8.91. The van der Waals surface area contributed by atoms with E-state index in [1.54, 1.807) is 0 Å². The molecular weight excluding hydrogens is 162 g/mol. The maximum Gasteiger partial charge on any atom is 0.164 e. The third-order valence-electron chi connectivity index (χ3n) is 1.55. The minimum absolute atomic E-state index is 0.189. The molecule has 0 aliphatic carbocycles. The minimum atomic E-state index is -0.637. The molecule has 0 radical (unpaired) electrons. The summed E-state index contributed by atoms with van der Waals surface area (Å²) in [6, 6.07) is 2.19. The Morgan fingerprint density at radius 1 is 1.15 bits per heavy atom. The van der Waals surface area contributed by atoms with Gasteiger partial charge < -0.3 is 0 Å². The quantitative estimate of drug-likeness (QED) is 0.616. The molecule has 1 atom stereocenters. The molecule has 0 aromatic rings. The average molecular weight is 181 g/mol. The van der Waals surface area contributed by atoms with Crippen LogP contribution in [0.2, 0.25) is 0 Å². The molecule has 0 aromatic carbocycles. The van der Waals surface area contributed by atoms with Gasteiger partial charge in [-0.1, -0.05) is 13.3 Å². The summed E-state index contributed by atoms with van der Waals surface area (Å²) in [5, 5.41) is 17.1. The molecule has 1 unspecified atom stereocenters. The van der Waals surface area contributed by atoms with Gasteiger partial charge in [0.15, 0.2) is 5.54 Å². The van der Waals surface area contributed by atoms with Crippen LogP contribution >= 0.6 is 0 Å². The fourth-order valence-corrected chi connectivity index (χ4v) is 0.875. The van der Waals surface area contributed by atoms with Gasteiger partial charge in [-0.25, -0.2) is 0 Å². The van der Waals surface area contributed by atoms with E-state index in [-0.39, 0.29) is 5.54 Å². The maximum absolute atomic E-state index is 8.91. The molecule has 74 valence electrons. The first-order valence-corrected chi connectivity index (χ1v) is 4.68. The van der Waals surface area contributed by atoms with Crippen LogP contribution in [0.15, 0.2) is 10.2 Å². The van der Waals surface area contributed by atoms with E-state index in [9.17, 15) is 0 Å². The summed E-state index contributed by atoms with van der Waals surface area (Å²) in [5.41, 5.74) is -0.826. The van der Waals surface area contributed by atoms with E-state index >= 15 is 0 Å². The number of nitriles is 1. The van der Waals surface area contributed by atoms with Crippen LogP contribution in [0.25, 0.3) is 0 Å². The van der Waals surface area contributed by atoms with Crippen LogP contribution in [0.4, 0.5) is 0 Å². The highest BCUT2D eigenvalue weighted by molar-refractivity contribution is 5.03. The van der Waals surface area contributed by atoms with Crippen LogP contribution in [0.5, 0.6) is 0 Å². The second kappa shape index (κ2) is 4.36. The van der Waals surface area contributed by atoms with Gasteiger partial charge in [-0.05, 0) is 34.1 Å². The Kier molecular flexibility index (Phi) is 4.06. The molecular formula is C10H19N3. The zero-order valence-electron chi connectivity index (χ0n) is 9.26. The van der Waals surface area contributed by atoms with Crippen molar-refractivity contribution in [2.75, 3.05) is 0 Å². The highest BCUT2D eigenvalue weighted by atomic mass is 15.2. The summed E-state index contributed by atoms with van der Waals surface area (Å²) >= 11 is 0. The molecule has 3 nitrogen and oxygen atoms in total. The highest BCUT2D eigenvalue weighted by Gasteiger charge is 2.22. The van der Waals surface area contributed by atoms with Crippen LogP contribution in [0.3, 0.4) is 0 Å². The molecule has 0 spiro atoms. The summed E-state index contributed by atoms with van der Waals surface area (Å²) in [6.07, 6.45) is 1.72. The number of azo groups is 1. The van der Waals surface area contributed by atoms with E-state index in [1.165, 1.54) is 0 Å². The van der Waals surface area contributed by atoms with E-state index in [0.717, 1.165) is 12.8 Å². The van der Waals surface area contributed by atoms with Crippen LogP contribution in [0.1, 0.15) is 47.5 Å². The summed E-state index contributed by atoms with van der Waals surface area (Å²) in [7, 11) is 0. The molecule has 0 aliphatic heterocycles. The molecule has 0 saturated heterocycles. The van der Waals surface area contributed by atoms with Crippen molar-refractivity contribution in [1.82, 2.24) is 0 Å². The summed E-state index contributed by atoms with van der Waals surface area (Å²) in [6.45, 7) is 9.79. The molecule has 0 aliphatic rings. The molecule has 0 rings (SSSR count). The van der Waals surface area contributed by atoms with Crippen LogP contribution in [-0.4, -0.2) is 11.1 Å². The molecule has 0 fully saturated rings. The van der Waals surface area contributed by atoms with Crippen molar-refractivity contribution in [3.05, 3.63) is 0 Å². The topological polar surface area (TPSA) is 48.5 Å². The van der Waals surface area contributed by atoms with Crippen molar-refractivity contribution in [3.63, 3.8) is 0 Å². The van der Waals surface area contributed by atoms with E-state index < -0.39 is 5.54 Å². The van der Waals surface area contributed by atoms with Gasteiger partial charge in [-0.2, -0.15) is 15.5 Å². The molecule has 0 bridgehead atoms. The molecule has 0 saturated carbocycles. The lowest BCUT2D eigenvalue weighted by atomic mass is 10.00. The summed E-state index contributed by atoms with van der Waals surface area (Å²) in [5.74, 6) is 0. The third kappa shape index (κ3) is 5.35. The molecule has 13 heavy (non-hydrogen) atoms. The Hall–Kier alpha value is -0.910. The average Bonchev–Trinajstić information content (AvgIpc) is 2.01. The first kappa shape index (κ1) is 12.1. The second-order valence-electron chi connectivity index (χ2n) is 4.51. The van der Waals surface area contributed by atoms with Crippen LogP contribution < -0.4 is 0 Å². The van der Waals surface area contributed by atoms with E-state index in [2.05, 4.69) is 16.3 Å². The molecule has 0 heterocycles. The van der Waals surface area contributed by atoms with Crippen molar-refractivity contribution >= 4 is 0 Å². The summed E-state index contributed by atoms with van der Waals surface area (Å²) < 4.78 is 0. The van der Waals surface area contributed by atoms with E-state index in [4.69, 9.17) is 5.26 Å². The predicted octanol–water partition coefficient (Wildman–Crippen LogP) is 3.32. The molecule has 0 N–H and O–H groups in total. The van der Waals surface area contributed by atoms with Gasteiger partial charge in [0.05, 0.1) is 11.6 Å². The Bertz CT molecular complexity index is 219. The van der Waals surface area contributed by atoms with Crippen LogP contribution in [0, 0.1) is 11.3 Å². The Balaban J connectivity index is 4.46. The van der Waals surface area contributed by atoms with Gasteiger partial charge >= 0.3 is 0 Å². The van der Waals surface area contributed by atoms with Gasteiger partial charge in [0, 0.05) is 0 Å². The van der Waals surface area contributed by atoms with Crippen molar-refractivity contribution < 1.29 is 0 Å². The number of hydrogen-bond donors (Lipinski definition) is 0. The molecule has 0 aromatic heterocycles. The lowest BCUT2D eigenvalue weighted by Crippen LogP contribution is -2.20.